The van der Waals surface area contributed by atoms with Gasteiger partial charge in [-0.3, -0.25) is 4.90 Å². The summed E-state index contributed by atoms with van der Waals surface area (Å²) in [6, 6.07) is 7.70. The Hall–Kier alpha value is -2.58. The van der Waals surface area contributed by atoms with Crippen molar-refractivity contribution >= 4 is 23.4 Å². The minimum atomic E-state index is -1.13. The second kappa shape index (κ2) is 10.8. The highest BCUT2D eigenvalue weighted by molar-refractivity contribution is 6.28. The molecular formula is C23H31ClN4O4. The average molecular weight is 463 g/mol. The molecule has 1 aliphatic rings. The first kappa shape index (κ1) is 24.1. The number of aromatic nitrogens is 2. The van der Waals surface area contributed by atoms with Crippen LogP contribution in [0.25, 0.3) is 0 Å². The summed E-state index contributed by atoms with van der Waals surface area (Å²) in [6.45, 7) is 10.7. The van der Waals surface area contributed by atoms with Crippen LogP contribution in [-0.2, 0) is 6.54 Å². The number of aromatic carboxylic acids is 1. The summed E-state index contributed by atoms with van der Waals surface area (Å²) >= 11 is 5.86. The zero-order valence-electron chi connectivity index (χ0n) is 19.0. The number of ether oxygens (including phenoxy) is 2. The van der Waals surface area contributed by atoms with Crippen molar-refractivity contribution in [2.24, 2.45) is 0 Å². The summed E-state index contributed by atoms with van der Waals surface area (Å²) in [5, 5.41) is 12.4. The minimum absolute atomic E-state index is 0.0762. The highest BCUT2D eigenvalue weighted by Gasteiger charge is 2.21. The summed E-state index contributed by atoms with van der Waals surface area (Å²) in [7, 11) is 0. The second-order valence-electron chi connectivity index (χ2n) is 8.55. The van der Waals surface area contributed by atoms with Crippen LogP contribution < -0.4 is 14.8 Å². The molecule has 9 heteroatoms. The predicted molar refractivity (Wildman–Crippen MR) is 124 cm³/mol. The molecule has 8 nitrogen and oxygen atoms in total. The lowest BCUT2D eigenvalue weighted by Crippen LogP contribution is -2.38. The lowest BCUT2D eigenvalue weighted by Gasteiger charge is -2.32. The van der Waals surface area contributed by atoms with Gasteiger partial charge in [0.2, 0.25) is 5.28 Å². The largest absolute Gasteiger partial charge is 0.491 e. The van der Waals surface area contributed by atoms with Crippen LogP contribution in [0.1, 0.15) is 56.6 Å². The average Bonchev–Trinajstić information content (AvgIpc) is 2.68. The monoisotopic (exact) mass is 462 g/mol. The zero-order chi connectivity index (χ0) is 23.3. The van der Waals surface area contributed by atoms with Gasteiger partial charge in [0, 0.05) is 37.8 Å². The lowest BCUT2D eigenvalue weighted by atomic mass is 10.0. The first-order valence-electron chi connectivity index (χ1n) is 10.9. The Labute approximate surface area is 193 Å². The standard InChI is InChI=1S/C23H31ClN4O4/c1-14(2)31-18-9-16(10-19(11-18)32-15(3)4)13-28-7-5-17(6-8-28)25-21-12-20(22(29)30)26-23(24)27-21/h9-12,14-15,17H,5-8,13H2,1-4H3,(H,29,30)(H,25,26,27). The van der Waals surface area contributed by atoms with Gasteiger partial charge in [-0.2, -0.15) is 0 Å². The first-order valence-corrected chi connectivity index (χ1v) is 11.3. The Morgan fingerprint density at radius 1 is 1.09 bits per heavy atom. The van der Waals surface area contributed by atoms with Crippen molar-refractivity contribution in [3.8, 4) is 11.5 Å². The summed E-state index contributed by atoms with van der Waals surface area (Å²) in [4.78, 5) is 21.4. The summed E-state index contributed by atoms with van der Waals surface area (Å²) in [6.07, 6.45) is 2.00. The smallest absolute Gasteiger partial charge is 0.354 e. The second-order valence-corrected chi connectivity index (χ2v) is 8.89. The summed E-state index contributed by atoms with van der Waals surface area (Å²) in [5.74, 6) is 0.950. The Bertz CT molecular complexity index is 902. The van der Waals surface area contributed by atoms with E-state index in [2.05, 4.69) is 32.3 Å². The van der Waals surface area contributed by atoms with Crippen LogP contribution in [0.15, 0.2) is 24.3 Å². The summed E-state index contributed by atoms with van der Waals surface area (Å²) < 4.78 is 11.8. The first-order chi connectivity index (χ1) is 15.2. The van der Waals surface area contributed by atoms with Crippen molar-refractivity contribution in [1.82, 2.24) is 14.9 Å². The highest BCUT2D eigenvalue weighted by Crippen LogP contribution is 2.27. The van der Waals surface area contributed by atoms with E-state index >= 15 is 0 Å². The minimum Gasteiger partial charge on any atom is -0.491 e. The number of rotatable bonds is 9. The molecule has 1 aromatic carbocycles. The molecule has 1 aromatic heterocycles. The van der Waals surface area contributed by atoms with Gasteiger partial charge in [-0.15, -0.1) is 0 Å². The van der Waals surface area contributed by atoms with Crippen LogP contribution in [-0.4, -0.2) is 57.3 Å². The van der Waals surface area contributed by atoms with Crippen LogP contribution in [0.5, 0.6) is 11.5 Å². The molecule has 1 saturated heterocycles. The van der Waals surface area contributed by atoms with E-state index in [-0.39, 0.29) is 29.2 Å². The Kier molecular flexibility index (Phi) is 8.15. The normalized spacial score (nSPS) is 15.2. The lowest BCUT2D eigenvalue weighted by molar-refractivity contribution is 0.0690. The number of carboxylic acid groups (broad SMARTS) is 1. The molecule has 0 atom stereocenters. The molecule has 2 aromatic rings. The Balaban J connectivity index is 1.60. The van der Waals surface area contributed by atoms with E-state index in [0.29, 0.717) is 5.82 Å². The van der Waals surface area contributed by atoms with Crippen LogP contribution in [0.4, 0.5) is 5.82 Å². The van der Waals surface area contributed by atoms with E-state index < -0.39 is 5.97 Å². The topological polar surface area (TPSA) is 96.8 Å². The van der Waals surface area contributed by atoms with Gasteiger partial charge in [0.15, 0.2) is 5.69 Å². The van der Waals surface area contributed by atoms with Gasteiger partial charge in [-0.05, 0) is 69.8 Å². The molecule has 32 heavy (non-hydrogen) atoms. The van der Waals surface area contributed by atoms with Crippen LogP contribution in [0, 0.1) is 0 Å². The van der Waals surface area contributed by atoms with Crippen LogP contribution in [0.2, 0.25) is 5.28 Å². The molecule has 3 rings (SSSR count). The van der Waals surface area contributed by atoms with Crippen molar-refractivity contribution < 1.29 is 19.4 Å². The maximum Gasteiger partial charge on any atom is 0.354 e. The fourth-order valence-electron chi connectivity index (χ4n) is 3.71. The Morgan fingerprint density at radius 2 is 1.69 bits per heavy atom. The van der Waals surface area contributed by atoms with E-state index in [9.17, 15) is 4.79 Å². The number of likely N-dealkylation sites (tertiary alicyclic amines) is 1. The molecular weight excluding hydrogens is 432 g/mol. The molecule has 0 amide bonds. The molecule has 0 spiro atoms. The molecule has 2 N–H and O–H groups in total. The zero-order valence-corrected chi connectivity index (χ0v) is 19.7. The van der Waals surface area contributed by atoms with Crippen molar-refractivity contribution in [2.45, 2.75) is 65.3 Å². The van der Waals surface area contributed by atoms with Gasteiger partial charge in [0.25, 0.3) is 0 Å². The molecule has 0 unspecified atom stereocenters. The molecule has 1 aliphatic heterocycles. The van der Waals surface area contributed by atoms with Gasteiger partial charge in [0.1, 0.15) is 17.3 Å². The predicted octanol–water partition coefficient (Wildman–Crippen LogP) is 4.48. The summed E-state index contributed by atoms with van der Waals surface area (Å²) in [5.41, 5.74) is 1.03. The fraction of sp³-hybridized carbons (Fsp3) is 0.522. The van der Waals surface area contributed by atoms with Gasteiger partial charge in [0.05, 0.1) is 12.2 Å². The number of benzene rings is 1. The van der Waals surface area contributed by atoms with Gasteiger partial charge in [-0.25, -0.2) is 14.8 Å². The molecule has 1 fully saturated rings. The van der Waals surface area contributed by atoms with Crippen molar-refractivity contribution in [1.29, 1.82) is 0 Å². The van der Waals surface area contributed by atoms with E-state index in [4.69, 9.17) is 26.2 Å². The molecule has 0 radical (unpaired) electrons. The number of anilines is 1. The molecule has 0 saturated carbocycles. The van der Waals surface area contributed by atoms with Crippen molar-refractivity contribution in [3.63, 3.8) is 0 Å². The SMILES string of the molecule is CC(C)Oc1cc(CN2CCC(Nc3cc(C(=O)O)nc(Cl)n3)CC2)cc(OC(C)C)c1. The molecule has 0 bridgehead atoms. The van der Waals surface area contributed by atoms with Crippen molar-refractivity contribution in [3.05, 3.63) is 40.8 Å². The number of hydrogen-bond acceptors (Lipinski definition) is 7. The molecule has 0 aliphatic carbocycles. The number of piperidine rings is 1. The number of carboxylic acids is 1. The third-order valence-corrected chi connectivity index (χ3v) is 5.12. The highest BCUT2D eigenvalue weighted by atomic mass is 35.5. The maximum absolute atomic E-state index is 11.2. The van der Waals surface area contributed by atoms with Crippen LogP contribution in [0.3, 0.4) is 0 Å². The van der Waals surface area contributed by atoms with E-state index in [1.165, 1.54) is 6.07 Å². The third-order valence-electron chi connectivity index (χ3n) is 4.95. The fourth-order valence-corrected chi connectivity index (χ4v) is 3.89. The number of halogens is 1. The number of hydrogen-bond donors (Lipinski definition) is 2. The number of nitrogens with one attached hydrogen (secondary N) is 1. The number of carbonyl (C=O) groups is 1. The van der Waals surface area contributed by atoms with Gasteiger partial charge >= 0.3 is 5.97 Å². The molecule has 2 heterocycles. The van der Waals surface area contributed by atoms with Crippen molar-refractivity contribution in [2.75, 3.05) is 18.4 Å². The van der Waals surface area contributed by atoms with E-state index in [1.54, 1.807) is 0 Å². The maximum atomic E-state index is 11.2. The quantitative estimate of drug-likeness (QED) is 0.526. The van der Waals surface area contributed by atoms with E-state index in [0.717, 1.165) is 49.5 Å². The molecule has 174 valence electrons. The van der Waals surface area contributed by atoms with Crippen LogP contribution >= 0.6 is 11.6 Å². The Morgan fingerprint density at radius 3 is 2.22 bits per heavy atom. The third kappa shape index (κ3) is 7.24. The number of nitrogens with zero attached hydrogens (tertiary/aromatic N) is 3. The van der Waals surface area contributed by atoms with E-state index in [1.807, 2.05) is 33.8 Å². The van der Waals surface area contributed by atoms with Gasteiger partial charge in [-0.1, -0.05) is 0 Å². The van der Waals surface area contributed by atoms with Gasteiger partial charge < -0.3 is 19.9 Å².